The van der Waals surface area contributed by atoms with E-state index in [0.717, 1.165) is 42.5 Å². The van der Waals surface area contributed by atoms with Gasteiger partial charge in [0, 0.05) is 40.9 Å². The predicted molar refractivity (Wildman–Crippen MR) is 167 cm³/mol. The minimum absolute atomic E-state index is 0.315. The van der Waals surface area contributed by atoms with E-state index in [1.807, 2.05) is 69.1 Å². The van der Waals surface area contributed by atoms with Crippen molar-refractivity contribution in [2.75, 3.05) is 30.8 Å². The first-order chi connectivity index (χ1) is 17.4. The molecular formula is C29H38Cl4N2S. The van der Waals surface area contributed by atoms with Gasteiger partial charge in [-0.1, -0.05) is 116 Å². The van der Waals surface area contributed by atoms with Gasteiger partial charge in [0.25, 0.3) is 0 Å². The molecule has 0 aliphatic carbocycles. The summed E-state index contributed by atoms with van der Waals surface area (Å²) < 4.78 is 2.44. The summed E-state index contributed by atoms with van der Waals surface area (Å²) in [5.41, 5.74) is 5.28. The molecule has 2 nitrogen and oxygen atoms in total. The van der Waals surface area contributed by atoms with E-state index in [0.29, 0.717) is 11.1 Å². The molecule has 2 aromatic carbocycles. The van der Waals surface area contributed by atoms with E-state index >= 15 is 0 Å². The van der Waals surface area contributed by atoms with Crippen molar-refractivity contribution in [3.63, 3.8) is 0 Å². The predicted octanol–water partition coefficient (Wildman–Crippen LogP) is 10.6. The van der Waals surface area contributed by atoms with Crippen molar-refractivity contribution in [3.8, 4) is 0 Å². The van der Waals surface area contributed by atoms with Crippen LogP contribution in [-0.4, -0.2) is 30.2 Å². The number of hydrogen-bond donors (Lipinski definition) is 0. The maximum Gasteiger partial charge on any atom is 0.0679 e. The second-order valence-electron chi connectivity index (χ2n) is 7.73. The number of aryl methyl sites for hydroxylation is 1. The smallest absolute Gasteiger partial charge is 0.0679 e. The van der Waals surface area contributed by atoms with Gasteiger partial charge in [-0.05, 0) is 67.1 Å². The lowest BCUT2D eigenvalue weighted by Gasteiger charge is -2.43. The fraction of sp³-hybridized carbons (Fsp3) is 0.379. The molecule has 0 spiro atoms. The van der Waals surface area contributed by atoms with Crippen LogP contribution in [0.2, 0.25) is 10.0 Å². The van der Waals surface area contributed by atoms with Gasteiger partial charge in [-0.3, -0.25) is 0 Å². The fourth-order valence-electron chi connectivity index (χ4n) is 3.78. The number of halogens is 4. The Kier molecular flexibility index (Phi) is 17.5. The number of rotatable bonds is 7. The standard InChI is InChI=1S/C20H24Cl2N2S.C7H8Cl2.C2H6/c1-3-4-16-13-18(22)9-10-19(16)24-12-11-23(25-2)14-20(24)15-5-7-17(21)8-6-15;1-2-3-4-5-7(9)6-8;1-2/h5-10,13,20H,3-4,11-12,14H2,1-2H3;2-6H,1H3;1-2H3/b;3-2-,5-4-,7-6-;. The quantitative estimate of drug-likeness (QED) is 0.235. The Bertz CT molecular complexity index is 974. The molecule has 1 fully saturated rings. The van der Waals surface area contributed by atoms with Crippen LogP contribution in [0.15, 0.2) is 77.3 Å². The van der Waals surface area contributed by atoms with Crippen LogP contribution in [0, 0.1) is 0 Å². The summed E-state index contributed by atoms with van der Waals surface area (Å²) in [7, 11) is 0. The van der Waals surface area contributed by atoms with Crippen LogP contribution in [0.4, 0.5) is 5.69 Å². The normalized spacial score (nSPS) is 16.5. The average molecular weight is 589 g/mol. The van der Waals surface area contributed by atoms with E-state index in [9.17, 15) is 0 Å². The van der Waals surface area contributed by atoms with E-state index in [1.54, 1.807) is 6.08 Å². The van der Waals surface area contributed by atoms with Gasteiger partial charge in [0.15, 0.2) is 0 Å². The summed E-state index contributed by atoms with van der Waals surface area (Å²) in [5.74, 6) is 0. The Balaban J connectivity index is 0.000000500. The Morgan fingerprint density at radius 2 is 1.69 bits per heavy atom. The zero-order valence-electron chi connectivity index (χ0n) is 21.9. The zero-order chi connectivity index (χ0) is 26.9. The van der Waals surface area contributed by atoms with Crippen molar-refractivity contribution in [3.05, 3.63) is 98.5 Å². The maximum absolute atomic E-state index is 6.26. The third-order valence-electron chi connectivity index (χ3n) is 5.39. The van der Waals surface area contributed by atoms with Crippen molar-refractivity contribution in [1.29, 1.82) is 0 Å². The number of nitrogens with zero attached hydrogens (tertiary/aromatic N) is 2. The second kappa shape index (κ2) is 19.1. The molecule has 1 unspecified atom stereocenters. The van der Waals surface area contributed by atoms with Crippen LogP contribution < -0.4 is 4.90 Å². The van der Waals surface area contributed by atoms with E-state index < -0.39 is 0 Å². The molecule has 3 rings (SSSR count). The Hall–Kier alpha value is -1.07. The molecular weight excluding hydrogens is 550 g/mol. The molecule has 0 radical (unpaired) electrons. The van der Waals surface area contributed by atoms with Crippen molar-refractivity contribution in [2.45, 2.75) is 46.6 Å². The average Bonchev–Trinajstić information content (AvgIpc) is 2.91. The highest BCUT2D eigenvalue weighted by Gasteiger charge is 2.29. The van der Waals surface area contributed by atoms with E-state index in [2.05, 4.69) is 46.7 Å². The molecule has 0 bridgehead atoms. The molecule has 1 aliphatic heterocycles. The lowest BCUT2D eigenvalue weighted by Crippen LogP contribution is -2.46. The fourth-order valence-corrected chi connectivity index (χ4v) is 4.80. The summed E-state index contributed by atoms with van der Waals surface area (Å²) in [4.78, 5) is 2.54. The van der Waals surface area contributed by atoms with Crippen LogP contribution in [0.1, 0.15) is 51.3 Å². The van der Waals surface area contributed by atoms with E-state index in [-0.39, 0.29) is 0 Å². The van der Waals surface area contributed by atoms with Gasteiger partial charge < -0.3 is 4.90 Å². The first kappa shape index (κ1) is 33.0. The van der Waals surface area contributed by atoms with Crippen LogP contribution in [0.5, 0.6) is 0 Å². The summed E-state index contributed by atoms with van der Waals surface area (Å²) in [6, 6.07) is 14.9. The van der Waals surface area contributed by atoms with Gasteiger partial charge in [-0.25, -0.2) is 4.31 Å². The largest absolute Gasteiger partial charge is 0.362 e. The van der Waals surface area contributed by atoms with Gasteiger partial charge in [0.2, 0.25) is 0 Å². The number of anilines is 1. The molecule has 198 valence electrons. The molecule has 0 aromatic heterocycles. The zero-order valence-corrected chi connectivity index (χ0v) is 25.7. The Labute approximate surface area is 243 Å². The topological polar surface area (TPSA) is 6.48 Å². The summed E-state index contributed by atoms with van der Waals surface area (Å²) in [6.07, 6.45) is 11.6. The number of allylic oxidation sites excluding steroid dienone is 5. The SMILES string of the molecule is CC.CCCc1cc(Cl)ccc1N1CCN(SC)CC1c1ccc(Cl)cc1.C\C=C/C=C\C(Cl)=C\Cl. The van der Waals surface area contributed by atoms with Gasteiger partial charge in [-0.2, -0.15) is 0 Å². The molecule has 2 aromatic rings. The summed E-state index contributed by atoms with van der Waals surface area (Å²) >= 11 is 25.0. The monoisotopic (exact) mass is 586 g/mol. The molecule has 1 aliphatic rings. The van der Waals surface area contributed by atoms with E-state index in [4.69, 9.17) is 46.4 Å². The van der Waals surface area contributed by atoms with Crippen LogP contribution >= 0.6 is 58.4 Å². The van der Waals surface area contributed by atoms with Gasteiger partial charge in [0.05, 0.1) is 11.1 Å². The Morgan fingerprint density at radius 3 is 2.28 bits per heavy atom. The minimum Gasteiger partial charge on any atom is -0.362 e. The first-order valence-electron chi connectivity index (χ1n) is 12.3. The highest BCUT2D eigenvalue weighted by Crippen LogP contribution is 2.36. The van der Waals surface area contributed by atoms with Gasteiger partial charge >= 0.3 is 0 Å². The number of benzene rings is 2. The van der Waals surface area contributed by atoms with Crippen molar-refractivity contribution < 1.29 is 0 Å². The second-order valence-corrected chi connectivity index (χ2v) is 10.1. The molecule has 0 saturated carbocycles. The molecule has 36 heavy (non-hydrogen) atoms. The lowest BCUT2D eigenvalue weighted by molar-refractivity contribution is 0.366. The number of piperazine rings is 1. The summed E-state index contributed by atoms with van der Waals surface area (Å²) in [5, 5.41) is 2.14. The molecule has 1 heterocycles. The lowest BCUT2D eigenvalue weighted by atomic mass is 9.99. The number of hydrogen-bond acceptors (Lipinski definition) is 3. The molecule has 0 amide bonds. The highest BCUT2D eigenvalue weighted by atomic mass is 35.5. The third-order valence-corrected chi connectivity index (χ3v) is 7.31. The van der Waals surface area contributed by atoms with E-state index in [1.165, 1.54) is 22.3 Å². The van der Waals surface area contributed by atoms with Crippen molar-refractivity contribution in [2.24, 2.45) is 0 Å². The van der Waals surface area contributed by atoms with Gasteiger partial charge in [-0.15, -0.1) is 0 Å². The summed E-state index contributed by atoms with van der Waals surface area (Å²) in [6.45, 7) is 11.2. The first-order valence-corrected chi connectivity index (χ1v) is 15.0. The van der Waals surface area contributed by atoms with Gasteiger partial charge in [0.1, 0.15) is 0 Å². The minimum atomic E-state index is 0.315. The molecule has 7 heteroatoms. The maximum atomic E-state index is 6.26. The van der Waals surface area contributed by atoms with Crippen molar-refractivity contribution in [1.82, 2.24) is 4.31 Å². The molecule has 0 N–H and O–H groups in total. The third kappa shape index (κ3) is 11.1. The Morgan fingerprint density at radius 1 is 1.03 bits per heavy atom. The van der Waals surface area contributed by atoms with Crippen LogP contribution in [0.25, 0.3) is 0 Å². The van der Waals surface area contributed by atoms with Crippen LogP contribution in [0.3, 0.4) is 0 Å². The highest BCUT2D eigenvalue weighted by molar-refractivity contribution is 7.96. The van der Waals surface area contributed by atoms with Crippen LogP contribution in [-0.2, 0) is 6.42 Å². The molecule has 1 atom stereocenters. The van der Waals surface area contributed by atoms with Crippen molar-refractivity contribution >= 4 is 64.0 Å². The molecule has 1 saturated heterocycles.